The van der Waals surface area contributed by atoms with E-state index < -0.39 is 47.4 Å². The van der Waals surface area contributed by atoms with Gasteiger partial charge < -0.3 is 20.1 Å². The van der Waals surface area contributed by atoms with E-state index in [0.29, 0.717) is 25.1 Å². The van der Waals surface area contributed by atoms with E-state index in [1.54, 1.807) is 26.8 Å². The second-order valence-corrected chi connectivity index (χ2v) is 11.8. The lowest BCUT2D eigenvalue weighted by molar-refractivity contribution is -0.157. The largest absolute Gasteiger partial charge is 0.455 e. The van der Waals surface area contributed by atoms with Crippen molar-refractivity contribution in [2.75, 3.05) is 20.3 Å². The van der Waals surface area contributed by atoms with Crippen LogP contribution in [0.5, 0.6) is 0 Å². The van der Waals surface area contributed by atoms with Crippen LogP contribution in [-0.2, 0) is 28.7 Å². The molecule has 5 bridgehead atoms. The van der Waals surface area contributed by atoms with Gasteiger partial charge in [-0.15, -0.1) is 0 Å². The Hall–Kier alpha value is -3.83. The van der Waals surface area contributed by atoms with Gasteiger partial charge in [-0.3, -0.25) is 24.2 Å². The summed E-state index contributed by atoms with van der Waals surface area (Å²) in [6.07, 6.45) is 4.04. The maximum absolute atomic E-state index is 13.5. The minimum Gasteiger partial charge on any atom is -0.455 e. The number of benzene rings is 1. The number of carbonyl (C=O) groups is 4. The molecular formula is C31H41N5O6. The lowest BCUT2D eigenvalue weighted by Crippen LogP contribution is -2.62. The molecule has 4 atom stereocenters. The Morgan fingerprint density at radius 2 is 1.86 bits per heavy atom. The number of hydrogen-bond acceptors (Lipinski definition) is 8. The van der Waals surface area contributed by atoms with Crippen molar-refractivity contribution in [1.82, 2.24) is 26.1 Å². The predicted molar refractivity (Wildman–Crippen MR) is 158 cm³/mol. The number of hydrogen-bond donors (Lipinski definition) is 3. The van der Waals surface area contributed by atoms with Gasteiger partial charge in [-0.2, -0.15) is 0 Å². The van der Waals surface area contributed by atoms with Crippen molar-refractivity contribution in [1.29, 1.82) is 0 Å². The first kappa shape index (κ1) is 31.1. The van der Waals surface area contributed by atoms with Gasteiger partial charge in [0.05, 0.1) is 23.2 Å². The smallest absolute Gasteiger partial charge is 0.325 e. The van der Waals surface area contributed by atoms with Crippen molar-refractivity contribution in [2.45, 2.75) is 71.7 Å². The number of amides is 3. The molecule has 1 aromatic heterocycles. The summed E-state index contributed by atoms with van der Waals surface area (Å²) in [6.45, 7) is 9.19. The zero-order valence-corrected chi connectivity index (χ0v) is 25.1. The number of nitrogens with one attached hydrogen (secondary N) is 3. The number of esters is 1. The first-order chi connectivity index (χ1) is 19.9. The second-order valence-electron chi connectivity index (χ2n) is 11.8. The molecule has 0 spiro atoms. The molecule has 1 aromatic carbocycles. The van der Waals surface area contributed by atoms with Crippen LogP contribution in [0, 0.1) is 11.3 Å². The number of cyclic esters (lactones) is 1. The van der Waals surface area contributed by atoms with Crippen molar-refractivity contribution in [3.8, 4) is 0 Å². The van der Waals surface area contributed by atoms with Crippen LogP contribution >= 0.6 is 0 Å². The summed E-state index contributed by atoms with van der Waals surface area (Å²) in [6, 6.07) is 6.86. The number of ether oxygens (including phenoxy) is 2. The highest BCUT2D eigenvalue weighted by Gasteiger charge is 2.36. The Morgan fingerprint density at radius 1 is 1.12 bits per heavy atom. The standard InChI is InChI=1S/C31H41N5O6/c1-18(2)26-27(37)33-25(17-41-6)28(38)36-15-7-8-23(35-36)29(39)42-19(3)22-12-11-21-10-9-20(16-24(21)32-22)13-14-31(4,5)30(40)34-26/h9-14,16,18-19,23,25-26,35H,7-8,15,17H2,1-6H3,(H,33,37)(H,34,40)/b14-13+/t19-,23?,25?,26?/m1/s1. The third kappa shape index (κ3) is 7.14. The first-order valence-corrected chi connectivity index (χ1v) is 14.4. The molecule has 42 heavy (non-hydrogen) atoms. The van der Waals surface area contributed by atoms with Crippen molar-refractivity contribution < 1.29 is 28.7 Å². The molecule has 0 saturated carbocycles. The number of pyridine rings is 1. The van der Waals surface area contributed by atoms with E-state index in [1.807, 2.05) is 50.3 Å². The number of aromatic nitrogens is 1. The van der Waals surface area contributed by atoms with Gasteiger partial charge in [-0.05, 0) is 57.2 Å². The Kier molecular flexibility index (Phi) is 9.63. The van der Waals surface area contributed by atoms with Crippen molar-refractivity contribution >= 4 is 40.7 Å². The van der Waals surface area contributed by atoms with E-state index in [1.165, 1.54) is 12.1 Å². The fraction of sp³-hybridized carbons (Fsp3) is 0.516. The quantitative estimate of drug-likeness (QED) is 0.472. The zero-order chi connectivity index (χ0) is 30.6. The van der Waals surface area contributed by atoms with Crippen LogP contribution in [0.3, 0.4) is 0 Å². The molecule has 4 rings (SSSR count). The molecule has 3 N–H and O–H groups in total. The molecule has 1 fully saturated rings. The third-order valence-electron chi connectivity index (χ3n) is 7.65. The predicted octanol–water partition coefficient (Wildman–Crippen LogP) is 2.66. The van der Waals surface area contributed by atoms with E-state index in [2.05, 4.69) is 16.1 Å². The van der Waals surface area contributed by atoms with E-state index in [0.717, 1.165) is 16.5 Å². The number of hydrazine groups is 1. The topological polar surface area (TPSA) is 139 Å². The van der Waals surface area contributed by atoms with Crippen molar-refractivity contribution in [3.63, 3.8) is 0 Å². The highest BCUT2D eigenvalue weighted by atomic mass is 16.5. The molecule has 11 heteroatoms. The summed E-state index contributed by atoms with van der Waals surface area (Å²) in [7, 11) is 1.43. The van der Waals surface area contributed by atoms with Gasteiger partial charge in [0.15, 0.2) is 0 Å². The number of rotatable bonds is 3. The average Bonchev–Trinajstić information content (AvgIpc) is 2.96. The number of methoxy groups -OCH3 is 1. The number of nitrogens with zero attached hydrogens (tertiary/aromatic N) is 2. The SMILES string of the molecule is COCC1NC(=O)C(C(C)C)NC(=O)C(C)(C)/C=C/c2ccc3ccc(nc3c2)[C@@H](C)OC(=O)C2CCCN(N2)C1=O. The fourth-order valence-electron chi connectivity index (χ4n) is 4.95. The van der Waals surface area contributed by atoms with E-state index >= 15 is 0 Å². The summed E-state index contributed by atoms with van der Waals surface area (Å²) in [5, 5.41) is 7.88. The van der Waals surface area contributed by atoms with Gasteiger partial charge in [0, 0.05) is 19.0 Å². The Bertz CT molecular complexity index is 1370. The molecule has 3 unspecified atom stereocenters. The highest BCUT2D eigenvalue weighted by molar-refractivity contribution is 5.94. The van der Waals surface area contributed by atoms with E-state index in [-0.39, 0.29) is 18.4 Å². The first-order valence-electron chi connectivity index (χ1n) is 14.4. The Balaban J connectivity index is 1.72. The minimum atomic E-state index is -1.04. The van der Waals surface area contributed by atoms with Crippen LogP contribution in [0.4, 0.5) is 0 Å². The van der Waals surface area contributed by atoms with E-state index in [9.17, 15) is 19.2 Å². The molecule has 226 valence electrons. The second kappa shape index (κ2) is 13.0. The number of fused-ring (bicyclic) bond motifs is 4. The lowest BCUT2D eigenvalue weighted by Gasteiger charge is -2.35. The molecule has 2 aliphatic rings. The summed E-state index contributed by atoms with van der Waals surface area (Å²) in [5.41, 5.74) is 4.18. The van der Waals surface area contributed by atoms with Gasteiger partial charge in [0.1, 0.15) is 24.2 Å². The van der Waals surface area contributed by atoms with E-state index in [4.69, 9.17) is 14.5 Å². The highest BCUT2D eigenvalue weighted by Crippen LogP contribution is 2.25. The Labute approximate surface area is 246 Å². The summed E-state index contributed by atoms with van der Waals surface area (Å²) < 4.78 is 11.0. The molecule has 2 aromatic rings. The lowest BCUT2D eigenvalue weighted by atomic mass is 9.89. The van der Waals surface area contributed by atoms with Gasteiger partial charge in [0.2, 0.25) is 11.8 Å². The van der Waals surface area contributed by atoms with Gasteiger partial charge in [-0.25, -0.2) is 10.4 Å². The molecule has 11 nitrogen and oxygen atoms in total. The summed E-state index contributed by atoms with van der Waals surface area (Å²) >= 11 is 0. The maximum Gasteiger partial charge on any atom is 0.325 e. The summed E-state index contributed by atoms with van der Waals surface area (Å²) in [4.78, 5) is 58.2. The van der Waals surface area contributed by atoms with Crippen LogP contribution in [0.15, 0.2) is 36.4 Å². The molecule has 0 radical (unpaired) electrons. The molecule has 2 aliphatic heterocycles. The molecule has 1 saturated heterocycles. The zero-order valence-electron chi connectivity index (χ0n) is 25.1. The maximum atomic E-state index is 13.5. The monoisotopic (exact) mass is 579 g/mol. The molecule has 3 heterocycles. The average molecular weight is 580 g/mol. The number of carbonyl (C=O) groups excluding carboxylic acids is 4. The van der Waals surface area contributed by atoms with Crippen LogP contribution < -0.4 is 16.1 Å². The third-order valence-corrected chi connectivity index (χ3v) is 7.65. The summed E-state index contributed by atoms with van der Waals surface area (Å²) in [5.74, 6) is -2.05. The Morgan fingerprint density at radius 3 is 2.57 bits per heavy atom. The molecular weight excluding hydrogens is 538 g/mol. The minimum absolute atomic E-state index is 0.0888. The fourth-order valence-corrected chi connectivity index (χ4v) is 4.95. The van der Waals surface area contributed by atoms with Gasteiger partial charge >= 0.3 is 5.97 Å². The van der Waals surface area contributed by atoms with Crippen LogP contribution in [-0.4, -0.2) is 72.1 Å². The van der Waals surface area contributed by atoms with Crippen LogP contribution in [0.25, 0.3) is 17.0 Å². The van der Waals surface area contributed by atoms with Crippen LogP contribution in [0.1, 0.15) is 64.8 Å². The normalized spacial score (nSPS) is 26.5. The van der Waals surface area contributed by atoms with Crippen LogP contribution in [0.2, 0.25) is 0 Å². The molecule has 0 aliphatic carbocycles. The van der Waals surface area contributed by atoms with Crippen molar-refractivity contribution in [2.24, 2.45) is 11.3 Å². The van der Waals surface area contributed by atoms with Gasteiger partial charge in [-0.1, -0.05) is 44.2 Å². The molecule has 3 amide bonds. The van der Waals surface area contributed by atoms with Gasteiger partial charge in [0.25, 0.3) is 5.91 Å². The van der Waals surface area contributed by atoms with Crippen molar-refractivity contribution in [3.05, 3.63) is 47.7 Å².